The Morgan fingerprint density at radius 1 is 0.773 bits per heavy atom. The highest BCUT2D eigenvalue weighted by Gasteiger charge is 2.29. The molecular formula is C36H36N6O2. The number of nitrogens with zero attached hydrogens (tertiary/aromatic N) is 5. The molecule has 8 heteroatoms. The molecule has 222 valence electrons. The summed E-state index contributed by atoms with van der Waals surface area (Å²) in [6.45, 7) is 11.6. The number of hydrogen-bond acceptors (Lipinski definition) is 6. The number of hydrogen-bond donors (Lipinski definition) is 1. The van der Waals surface area contributed by atoms with Crippen molar-refractivity contribution in [2.45, 2.75) is 27.7 Å². The van der Waals surface area contributed by atoms with E-state index in [1.54, 1.807) is 12.4 Å². The van der Waals surface area contributed by atoms with E-state index in [0.29, 0.717) is 11.4 Å². The molecule has 6 rings (SSSR count). The van der Waals surface area contributed by atoms with Gasteiger partial charge in [-0.1, -0.05) is 30.3 Å². The Morgan fingerprint density at radius 3 is 2.14 bits per heavy atom. The molecule has 1 N–H and O–H groups in total. The van der Waals surface area contributed by atoms with Crippen LogP contribution in [0.5, 0.6) is 0 Å². The van der Waals surface area contributed by atoms with Crippen molar-refractivity contribution < 1.29 is 9.59 Å². The summed E-state index contributed by atoms with van der Waals surface area (Å²) in [5.74, 6) is -0.267. The summed E-state index contributed by atoms with van der Waals surface area (Å²) >= 11 is 0. The second-order valence-electron chi connectivity index (χ2n) is 11.3. The normalized spacial score (nSPS) is 13.2. The zero-order valence-electron chi connectivity index (χ0n) is 25.5. The van der Waals surface area contributed by atoms with Crippen molar-refractivity contribution in [1.82, 2.24) is 14.5 Å². The molecule has 1 saturated heterocycles. The zero-order chi connectivity index (χ0) is 30.8. The maximum atomic E-state index is 13.9. The fourth-order valence-electron chi connectivity index (χ4n) is 6.01. The molecular weight excluding hydrogens is 548 g/mol. The van der Waals surface area contributed by atoms with Crippen molar-refractivity contribution in [3.63, 3.8) is 0 Å². The van der Waals surface area contributed by atoms with Crippen LogP contribution in [0.25, 0.3) is 16.8 Å². The summed E-state index contributed by atoms with van der Waals surface area (Å²) in [4.78, 5) is 41.1. The highest BCUT2D eigenvalue weighted by Crippen LogP contribution is 2.35. The molecule has 0 atom stereocenters. The summed E-state index contributed by atoms with van der Waals surface area (Å²) < 4.78 is 1.84. The molecule has 1 aliphatic rings. The molecule has 0 bridgehead atoms. The van der Waals surface area contributed by atoms with E-state index >= 15 is 0 Å². The van der Waals surface area contributed by atoms with Gasteiger partial charge in [-0.05, 0) is 92.9 Å². The van der Waals surface area contributed by atoms with E-state index in [9.17, 15) is 9.59 Å². The Hall–Kier alpha value is -5.24. The van der Waals surface area contributed by atoms with Gasteiger partial charge in [-0.15, -0.1) is 0 Å². The van der Waals surface area contributed by atoms with Gasteiger partial charge < -0.3 is 19.7 Å². The van der Waals surface area contributed by atoms with Crippen molar-refractivity contribution in [2.75, 3.05) is 41.3 Å². The van der Waals surface area contributed by atoms with Crippen LogP contribution in [-0.2, 0) is 4.79 Å². The van der Waals surface area contributed by atoms with E-state index in [1.807, 2.05) is 92.1 Å². The van der Waals surface area contributed by atoms with E-state index in [0.717, 1.165) is 71.4 Å². The predicted octanol–water partition coefficient (Wildman–Crippen LogP) is 6.32. The third kappa shape index (κ3) is 5.71. The lowest BCUT2D eigenvalue weighted by atomic mass is 9.99. The molecule has 3 aromatic heterocycles. The standard InChI is InChI=1S/C36H36N6O2/c1-24-21-25(2)38-32(22-24)41-19-17-40(18-20-41)30-14-12-29(13-15-30)39-36(44)35(43)34-33(28-9-6-5-7-10-28)26(3)27(4)42(34)31-11-8-16-37-23-31/h5-16,21-23H,17-20H2,1-4H3,(H,39,44). The van der Waals surface area contributed by atoms with Gasteiger partial charge in [0.1, 0.15) is 11.5 Å². The highest BCUT2D eigenvalue weighted by molar-refractivity contribution is 6.47. The van der Waals surface area contributed by atoms with Crippen LogP contribution in [0, 0.1) is 27.7 Å². The quantitative estimate of drug-likeness (QED) is 0.178. The summed E-state index contributed by atoms with van der Waals surface area (Å²) in [6, 6.07) is 25.4. The number of aryl methyl sites for hydroxylation is 2. The topological polar surface area (TPSA) is 83.4 Å². The molecule has 5 aromatic rings. The average molecular weight is 585 g/mol. The fraction of sp³-hybridized carbons (Fsp3) is 0.222. The number of rotatable bonds is 7. The summed E-state index contributed by atoms with van der Waals surface area (Å²) in [7, 11) is 0. The first kappa shape index (κ1) is 28.9. The second kappa shape index (κ2) is 12.2. The van der Waals surface area contributed by atoms with E-state index < -0.39 is 11.7 Å². The molecule has 0 unspecified atom stereocenters. The molecule has 8 nitrogen and oxygen atoms in total. The number of benzene rings is 2. The first-order valence-corrected chi connectivity index (χ1v) is 14.9. The third-order valence-corrected chi connectivity index (χ3v) is 8.28. The lowest BCUT2D eigenvalue weighted by molar-refractivity contribution is -0.112. The largest absolute Gasteiger partial charge is 0.368 e. The van der Waals surface area contributed by atoms with E-state index in [-0.39, 0.29) is 0 Å². The molecule has 44 heavy (non-hydrogen) atoms. The van der Waals surface area contributed by atoms with Crippen molar-refractivity contribution in [3.8, 4) is 16.8 Å². The highest BCUT2D eigenvalue weighted by atomic mass is 16.2. The smallest absolute Gasteiger partial charge is 0.298 e. The first-order chi connectivity index (χ1) is 21.3. The monoisotopic (exact) mass is 584 g/mol. The molecule has 1 aliphatic heterocycles. The van der Waals surface area contributed by atoms with Gasteiger partial charge in [-0.25, -0.2) is 4.98 Å². The van der Waals surface area contributed by atoms with Gasteiger partial charge in [0, 0.05) is 60.7 Å². The Balaban J connectivity index is 1.20. The van der Waals surface area contributed by atoms with Crippen LogP contribution in [0.4, 0.5) is 17.2 Å². The van der Waals surface area contributed by atoms with Gasteiger partial charge in [0.25, 0.3) is 11.7 Å². The number of carbonyl (C=O) groups excluding carboxylic acids is 2. The molecule has 0 spiro atoms. The van der Waals surface area contributed by atoms with Gasteiger partial charge in [0.2, 0.25) is 0 Å². The van der Waals surface area contributed by atoms with Crippen molar-refractivity contribution in [3.05, 3.63) is 119 Å². The number of aromatic nitrogens is 3. The number of Topliss-reactive ketones (excluding diaryl/α,β-unsaturated/α-hetero) is 1. The SMILES string of the molecule is Cc1cc(C)nc(N2CCN(c3ccc(NC(=O)C(=O)c4c(-c5ccccc5)c(C)c(C)n4-c4cccnc4)cc3)CC2)c1. The molecule has 0 radical (unpaired) electrons. The molecule has 1 fully saturated rings. The van der Waals surface area contributed by atoms with Crippen LogP contribution < -0.4 is 15.1 Å². The van der Waals surface area contributed by atoms with Crippen molar-refractivity contribution >= 4 is 28.9 Å². The fourth-order valence-corrected chi connectivity index (χ4v) is 6.01. The Morgan fingerprint density at radius 2 is 1.48 bits per heavy atom. The molecule has 0 aliphatic carbocycles. The summed E-state index contributed by atoms with van der Waals surface area (Å²) in [6.07, 6.45) is 3.39. The van der Waals surface area contributed by atoms with Crippen LogP contribution >= 0.6 is 0 Å². The minimum Gasteiger partial charge on any atom is -0.368 e. The van der Waals surface area contributed by atoms with Crippen LogP contribution in [0.3, 0.4) is 0 Å². The Bertz CT molecular complexity index is 1720. The van der Waals surface area contributed by atoms with E-state index in [2.05, 4.69) is 39.2 Å². The number of carbonyl (C=O) groups is 2. The second-order valence-corrected chi connectivity index (χ2v) is 11.3. The number of nitrogens with one attached hydrogen (secondary N) is 1. The van der Waals surface area contributed by atoms with Crippen molar-refractivity contribution in [2.24, 2.45) is 0 Å². The number of anilines is 3. The average Bonchev–Trinajstić information content (AvgIpc) is 3.31. The Kier molecular flexibility index (Phi) is 7.98. The molecule has 0 saturated carbocycles. The van der Waals surface area contributed by atoms with Crippen molar-refractivity contribution in [1.29, 1.82) is 0 Å². The number of piperazine rings is 1. The lowest BCUT2D eigenvalue weighted by Gasteiger charge is -2.37. The van der Waals surface area contributed by atoms with Gasteiger partial charge in [0.05, 0.1) is 11.9 Å². The van der Waals surface area contributed by atoms with Crippen LogP contribution in [0.2, 0.25) is 0 Å². The van der Waals surface area contributed by atoms with Crippen LogP contribution in [-0.4, -0.2) is 52.4 Å². The van der Waals surface area contributed by atoms with Gasteiger partial charge in [0.15, 0.2) is 0 Å². The van der Waals surface area contributed by atoms with Crippen LogP contribution in [0.1, 0.15) is 33.0 Å². The third-order valence-electron chi connectivity index (χ3n) is 8.28. The summed E-state index contributed by atoms with van der Waals surface area (Å²) in [5, 5.41) is 2.84. The van der Waals surface area contributed by atoms with Crippen LogP contribution in [0.15, 0.2) is 91.3 Å². The molecule has 2 aromatic carbocycles. The number of pyridine rings is 2. The van der Waals surface area contributed by atoms with E-state index in [1.165, 1.54) is 5.56 Å². The predicted molar refractivity (Wildman–Crippen MR) is 176 cm³/mol. The maximum Gasteiger partial charge on any atom is 0.298 e. The number of amides is 1. The maximum absolute atomic E-state index is 13.9. The van der Waals surface area contributed by atoms with Gasteiger partial charge >= 0.3 is 0 Å². The van der Waals surface area contributed by atoms with Gasteiger partial charge in [-0.3, -0.25) is 14.6 Å². The summed E-state index contributed by atoms with van der Waals surface area (Å²) in [5.41, 5.74) is 8.39. The lowest BCUT2D eigenvalue weighted by Crippen LogP contribution is -2.46. The zero-order valence-corrected chi connectivity index (χ0v) is 25.5. The number of ketones is 1. The minimum absolute atomic E-state index is 0.324. The molecule has 1 amide bonds. The first-order valence-electron chi connectivity index (χ1n) is 14.9. The van der Waals surface area contributed by atoms with E-state index in [4.69, 9.17) is 4.98 Å². The Labute approximate surface area is 258 Å². The van der Waals surface area contributed by atoms with Gasteiger partial charge in [-0.2, -0.15) is 0 Å². The molecule has 4 heterocycles. The minimum atomic E-state index is -0.688.